The van der Waals surface area contributed by atoms with E-state index in [1.54, 1.807) is 0 Å². The third kappa shape index (κ3) is 1.93. The van der Waals surface area contributed by atoms with Crippen molar-refractivity contribution in [2.24, 2.45) is 5.73 Å². The molecular formula is C8H10ClF2N. The Labute approximate surface area is 76.0 Å². The summed E-state index contributed by atoms with van der Waals surface area (Å²) in [6.07, 6.45) is 0. The second-order valence-electron chi connectivity index (χ2n) is 2.35. The fourth-order valence-corrected chi connectivity index (χ4v) is 0.913. The number of rotatable bonds is 1. The van der Waals surface area contributed by atoms with E-state index < -0.39 is 11.6 Å². The van der Waals surface area contributed by atoms with Crippen LogP contribution < -0.4 is 5.73 Å². The second kappa shape index (κ2) is 4.38. The maximum atomic E-state index is 12.7. The lowest BCUT2D eigenvalue weighted by molar-refractivity contribution is 0.501. The van der Waals surface area contributed by atoms with Gasteiger partial charge in [-0.15, -0.1) is 12.4 Å². The van der Waals surface area contributed by atoms with Crippen LogP contribution in [0.2, 0.25) is 0 Å². The van der Waals surface area contributed by atoms with Gasteiger partial charge in [-0.1, -0.05) is 6.07 Å². The van der Waals surface area contributed by atoms with Crippen LogP contribution in [0.1, 0.15) is 11.1 Å². The zero-order valence-corrected chi connectivity index (χ0v) is 7.42. The summed E-state index contributed by atoms with van der Waals surface area (Å²) >= 11 is 0. The van der Waals surface area contributed by atoms with E-state index in [2.05, 4.69) is 0 Å². The van der Waals surface area contributed by atoms with E-state index in [0.717, 1.165) is 6.07 Å². The van der Waals surface area contributed by atoms with Gasteiger partial charge < -0.3 is 5.73 Å². The summed E-state index contributed by atoms with van der Waals surface area (Å²) in [5.74, 6) is -1.62. The Morgan fingerprint density at radius 1 is 1.33 bits per heavy atom. The fourth-order valence-electron chi connectivity index (χ4n) is 0.913. The Morgan fingerprint density at radius 3 is 2.42 bits per heavy atom. The predicted molar refractivity (Wildman–Crippen MR) is 46.2 cm³/mol. The van der Waals surface area contributed by atoms with Crippen LogP contribution in [0.25, 0.3) is 0 Å². The van der Waals surface area contributed by atoms with Crippen molar-refractivity contribution in [1.82, 2.24) is 0 Å². The lowest BCUT2D eigenvalue weighted by Gasteiger charge is -2.03. The van der Waals surface area contributed by atoms with E-state index in [1.165, 1.54) is 13.0 Å². The van der Waals surface area contributed by atoms with Gasteiger partial charge in [0.2, 0.25) is 0 Å². The lowest BCUT2D eigenvalue weighted by atomic mass is 10.1. The van der Waals surface area contributed by atoms with Gasteiger partial charge in [-0.25, -0.2) is 8.78 Å². The van der Waals surface area contributed by atoms with E-state index in [9.17, 15) is 8.78 Å². The lowest BCUT2D eigenvalue weighted by Crippen LogP contribution is -2.02. The smallest absolute Gasteiger partial charge is 0.162 e. The predicted octanol–water partition coefficient (Wildman–Crippen LogP) is 2.15. The first kappa shape index (κ1) is 11.3. The summed E-state index contributed by atoms with van der Waals surface area (Å²) in [4.78, 5) is 0. The van der Waals surface area contributed by atoms with Crippen molar-refractivity contribution in [3.63, 3.8) is 0 Å². The molecule has 1 nitrogen and oxygen atoms in total. The van der Waals surface area contributed by atoms with Gasteiger partial charge in [0.15, 0.2) is 11.6 Å². The zero-order chi connectivity index (χ0) is 8.43. The molecule has 0 unspecified atom stereocenters. The number of nitrogens with two attached hydrogens (primary N) is 1. The van der Waals surface area contributed by atoms with Crippen molar-refractivity contribution in [3.05, 3.63) is 34.9 Å². The van der Waals surface area contributed by atoms with Crippen LogP contribution in [-0.2, 0) is 6.54 Å². The first-order valence-corrected chi connectivity index (χ1v) is 3.30. The molecule has 1 aromatic carbocycles. The topological polar surface area (TPSA) is 26.0 Å². The van der Waals surface area contributed by atoms with Crippen molar-refractivity contribution in [3.8, 4) is 0 Å². The van der Waals surface area contributed by atoms with E-state index >= 15 is 0 Å². The Balaban J connectivity index is 0.00000121. The van der Waals surface area contributed by atoms with Crippen molar-refractivity contribution in [1.29, 1.82) is 0 Å². The van der Waals surface area contributed by atoms with Crippen molar-refractivity contribution in [2.75, 3.05) is 0 Å². The summed E-state index contributed by atoms with van der Waals surface area (Å²) in [6, 6.07) is 2.58. The number of hydrogen-bond acceptors (Lipinski definition) is 1. The van der Waals surface area contributed by atoms with Gasteiger partial charge in [0.25, 0.3) is 0 Å². The minimum absolute atomic E-state index is 0. The molecule has 0 aliphatic carbocycles. The van der Waals surface area contributed by atoms with Crippen LogP contribution in [0.5, 0.6) is 0 Å². The van der Waals surface area contributed by atoms with Crippen LogP contribution >= 0.6 is 12.4 Å². The molecule has 0 fully saturated rings. The van der Waals surface area contributed by atoms with Gasteiger partial charge in [0.05, 0.1) is 0 Å². The Bertz CT molecular complexity index is 276. The van der Waals surface area contributed by atoms with Crippen LogP contribution in [-0.4, -0.2) is 0 Å². The summed E-state index contributed by atoms with van der Waals surface area (Å²) in [5, 5.41) is 0. The summed E-state index contributed by atoms with van der Waals surface area (Å²) in [7, 11) is 0. The molecule has 0 amide bonds. The minimum atomic E-state index is -0.820. The van der Waals surface area contributed by atoms with Crippen LogP contribution in [0.4, 0.5) is 8.78 Å². The van der Waals surface area contributed by atoms with Crippen LogP contribution in [0.15, 0.2) is 12.1 Å². The highest BCUT2D eigenvalue weighted by atomic mass is 35.5. The average Bonchev–Trinajstić information content (AvgIpc) is 2.01. The molecule has 0 saturated carbocycles. The third-order valence-electron chi connectivity index (χ3n) is 1.67. The zero-order valence-electron chi connectivity index (χ0n) is 6.60. The van der Waals surface area contributed by atoms with Crippen LogP contribution in [0.3, 0.4) is 0 Å². The molecule has 1 rings (SSSR count). The Morgan fingerprint density at radius 2 is 1.92 bits per heavy atom. The molecule has 0 atom stereocenters. The standard InChI is InChI=1S/C8H9F2N.ClH/c1-5-6(4-11)2-3-7(9)8(5)10;/h2-3H,4,11H2,1H3;1H. The maximum Gasteiger partial charge on any atom is 0.162 e. The van der Waals surface area contributed by atoms with Crippen molar-refractivity contribution < 1.29 is 8.78 Å². The highest BCUT2D eigenvalue weighted by Crippen LogP contribution is 2.14. The van der Waals surface area contributed by atoms with Gasteiger partial charge in [-0.2, -0.15) is 0 Å². The highest BCUT2D eigenvalue weighted by Gasteiger charge is 2.07. The Kier molecular flexibility index (Phi) is 4.13. The molecule has 12 heavy (non-hydrogen) atoms. The number of hydrogen-bond donors (Lipinski definition) is 1. The molecule has 0 bridgehead atoms. The summed E-state index contributed by atoms with van der Waals surface area (Å²) in [5.41, 5.74) is 6.22. The van der Waals surface area contributed by atoms with E-state index in [1.807, 2.05) is 0 Å². The van der Waals surface area contributed by atoms with Gasteiger partial charge in [-0.3, -0.25) is 0 Å². The second-order valence-corrected chi connectivity index (χ2v) is 2.35. The molecule has 68 valence electrons. The quantitative estimate of drug-likeness (QED) is 0.727. The number of benzene rings is 1. The molecule has 0 aromatic heterocycles. The molecule has 1 aromatic rings. The first-order valence-electron chi connectivity index (χ1n) is 3.30. The molecule has 0 radical (unpaired) electrons. The highest BCUT2D eigenvalue weighted by molar-refractivity contribution is 5.85. The largest absolute Gasteiger partial charge is 0.326 e. The summed E-state index contributed by atoms with van der Waals surface area (Å²) < 4.78 is 25.2. The van der Waals surface area contributed by atoms with E-state index in [4.69, 9.17) is 5.73 Å². The summed E-state index contributed by atoms with van der Waals surface area (Å²) in [6.45, 7) is 1.75. The molecule has 0 aliphatic rings. The molecule has 0 heterocycles. The van der Waals surface area contributed by atoms with Crippen LogP contribution in [0, 0.1) is 18.6 Å². The molecule has 0 saturated heterocycles. The third-order valence-corrected chi connectivity index (χ3v) is 1.67. The van der Waals surface area contributed by atoms with Gasteiger partial charge in [0.1, 0.15) is 0 Å². The van der Waals surface area contributed by atoms with Gasteiger partial charge in [0, 0.05) is 6.54 Å². The molecular weight excluding hydrogens is 184 g/mol. The monoisotopic (exact) mass is 193 g/mol. The van der Waals surface area contributed by atoms with E-state index in [-0.39, 0.29) is 19.0 Å². The molecule has 0 aliphatic heterocycles. The van der Waals surface area contributed by atoms with Crippen molar-refractivity contribution in [2.45, 2.75) is 13.5 Å². The average molecular weight is 194 g/mol. The molecule has 2 N–H and O–H groups in total. The maximum absolute atomic E-state index is 12.7. The Hall–Kier alpha value is -0.670. The first-order chi connectivity index (χ1) is 5.16. The minimum Gasteiger partial charge on any atom is -0.326 e. The SMILES string of the molecule is Cc1c(CN)ccc(F)c1F.Cl. The number of halogens is 3. The van der Waals surface area contributed by atoms with Gasteiger partial charge in [-0.05, 0) is 24.1 Å². The fraction of sp³-hybridized carbons (Fsp3) is 0.250. The van der Waals surface area contributed by atoms with E-state index in [0.29, 0.717) is 11.1 Å². The molecule has 0 spiro atoms. The van der Waals surface area contributed by atoms with Crippen molar-refractivity contribution >= 4 is 12.4 Å². The normalized spacial score (nSPS) is 9.33. The van der Waals surface area contributed by atoms with Gasteiger partial charge >= 0.3 is 0 Å². The molecule has 4 heteroatoms.